The first-order chi connectivity index (χ1) is 15.6. The van der Waals surface area contributed by atoms with Gasteiger partial charge in [-0.25, -0.2) is 4.79 Å². The van der Waals surface area contributed by atoms with Crippen molar-refractivity contribution in [2.45, 2.75) is 12.8 Å². The maximum Gasteiger partial charge on any atom is 0.415 e. The van der Waals surface area contributed by atoms with Gasteiger partial charge in [0.1, 0.15) is 17.4 Å². The molecule has 3 aromatic rings. The molecule has 1 unspecified atom stereocenters. The molecule has 162 valence electrons. The van der Waals surface area contributed by atoms with Gasteiger partial charge in [-0.15, -0.1) is 5.10 Å². The summed E-state index contributed by atoms with van der Waals surface area (Å²) in [6, 6.07) is 13.6. The average Bonchev–Trinajstić information content (AvgIpc) is 3.18. The SMILES string of the molecule is Cc1[nH]nc2c1C(c1c(OC(=O)N3CCOCC3)ccc3ccccc13)C(C#N)=C(N)O2. The number of nitriles is 1. The molecule has 0 spiro atoms. The minimum atomic E-state index is -0.610. The van der Waals surface area contributed by atoms with Crippen LogP contribution in [0.25, 0.3) is 10.8 Å². The van der Waals surface area contributed by atoms with Crippen molar-refractivity contribution in [2.75, 3.05) is 26.3 Å². The number of fused-ring (bicyclic) bond motifs is 2. The number of benzene rings is 2. The number of rotatable bonds is 2. The number of nitrogens with zero attached hydrogens (tertiary/aromatic N) is 3. The molecule has 3 N–H and O–H groups in total. The smallest absolute Gasteiger partial charge is 0.415 e. The molecular weight excluding hydrogens is 410 g/mol. The van der Waals surface area contributed by atoms with Gasteiger partial charge in [-0.1, -0.05) is 30.3 Å². The van der Waals surface area contributed by atoms with E-state index < -0.39 is 12.0 Å². The number of nitrogens with two attached hydrogens (primary N) is 1. The molecular formula is C23H21N5O4. The number of hydrogen-bond acceptors (Lipinski definition) is 7. The number of hydrogen-bond donors (Lipinski definition) is 2. The van der Waals surface area contributed by atoms with Crippen LogP contribution in [0, 0.1) is 18.3 Å². The van der Waals surface area contributed by atoms with Crippen LogP contribution in [0.5, 0.6) is 11.6 Å². The summed E-state index contributed by atoms with van der Waals surface area (Å²) in [6.45, 7) is 3.70. The van der Waals surface area contributed by atoms with E-state index in [2.05, 4.69) is 16.3 Å². The number of aromatic amines is 1. The molecule has 2 aliphatic rings. The van der Waals surface area contributed by atoms with E-state index in [-0.39, 0.29) is 11.5 Å². The van der Waals surface area contributed by atoms with Gasteiger partial charge < -0.3 is 24.8 Å². The van der Waals surface area contributed by atoms with Crippen LogP contribution in [0.15, 0.2) is 47.9 Å². The Kier molecular flexibility index (Phi) is 4.92. The normalized spacial score (nSPS) is 18.1. The summed E-state index contributed by atoms with van der Waals surface area (Å²) in [5.74, 6) is 0.0394. The maximum atomic E-state index is 12.9. The van der Waals surface area contributed by atoms with E-state index in [4.69, 9.17) is 19.9 Å². The molecule has 5 rings (SSSR count). The van der Waals surface area contributed by atoms with Gasteiger partial charge in [0.25, 0.3) is 0 Å². The van der Waals surface area contributed by atoms with E-state index in [1.807, 2.05) is 37.3 Å². The summed E-state index contributed by atoms with van der Waals surface area (Å²) in [4.78, 5) is 14.5. The standard InChI is InChI=1S/C23H21N5O4/c1-13-18-20(16(12-24)21(25)32-22(18)27-26-13)19-15-5-3-2-4-14(15)6-7-17(19)31-23(29)28-8-10-30-11-9-28/h2-7,20H,8-11,25H2,1H3,(H,26,27). The Balaban J connectivity index is 1.70. The zero-order valence-electron chi connectivity index (χ0n) is 17.4. The highest BCUT2D eigenvalue weighted by Crippen LogP contribution is 2.47. The van der Waals surface area contributed by atoms with Crippen LogP contribution < -0.4 is 15.2 Å². The first kappa shape index (κ1) is 19.9. The minimum absolute atomic E-state index is 0.0186. The molecule has 0 saturated carbocycles. The highest BCUT2D eigenvalue weighted by molar-refractivity contribution is 5.90. The van der Waals surface area contributed by atoms with Gasteiger partial charge >= 0.3 is 6.09 Å². The number of nitrogens with one attached hydrogen (secondary N) is 1. The fourth-order valence-electron chi connectivity index (χ4n) is 4.25. The quantitative estimate of drug-likeness (QED) is 0.639. The van der Waals surface area contributed by atoms with E-state index in [0.29, 0.717) is 49.1 Å². The van der Waals surface area contributed by atoms with Gasteiger partial charge in [0.15, 0.2) is 0 Å². The summed E-state index contributed by atoms with van der Waals surface area (Å²) >= 11 is 0. The molecule has 0 bridgehead atoms. The first-order valence-corrected chi connectivity index (χ1v) is 10.3. The molecule has 9 nitrogen and oxygen atoms in total. The summed E-state index contributed by atoms with van der Waals surface area (Å²) < 4.78 is 16.8. The molecule has 3 heterocycles. The fourth-order valence-corrected chi connectivity index (χ4v) is 4.25. The van der Waals surface area contributed by atoms with Crippen LogP contribution in [0.2, 0.25) is 0 Å². The number of amides is 1. The van der Waals surface area contributed by atoms with Gasteiger partial charge in [-0.05, 0) is 23.8 Å². The van der Waals surface area contributed by atoms with E-state index in [1.54, 1.807) is 11.0 Å². The summed E-state index contributed by atoms with van der Waals surface area (Å²) in [5, 5.41) is 18.9. The van der Waals surface area contributed by atoms with Crippen molar-refractivity contribution in [1.29, 1.82) is 5.26 Å². The Morgan fingerprint density at radius 2 is 2.03 bits per heavy atom. The number of morpholine rings is 1. The summed E-state index contributed by atoms with van der Waals surface area (Å²) in [5.41, 5.74) is 8.44. The fraction of sp³-hybridized carbons (Fsp3) is 0.261. The van der Waals surface area contributed by atoms with Crippen molar-refractivity contribution in [3.8, 4) is 17.7 Å². The van der Waals surface area contributed by atoms with Crippen LogP contribution in [-0.2, 0) is 4.74 Å². The highest BCUT2D eigenvalue weighted by Gasteiger charge is 2.37. The Morgan fingerprint density at radius 1 is 1.25 bits per heavy atom. The van der Waals surface area contributed by atoms with E-state index in [9.17, 15) is 10.1 Å². The Labute approximate surface area is 184 Å². The predicted octanol–water partition coefficient (Wildman–Crippen LogP) is 2.92. The lowest BCUT2D eigenvalue weighted by Crippen LogP contribution is -2.42. The van der Waals surface area contributed by atoms with Gasteiger partial charge in [0.05, 0.1) is 19.1 Å². The van der Waals surface area contributed by atoms with Crippen LogP contribution in [0.4, 0.5) is 4.79 Å². The number of aryl methyl sites for hydroxylation is 1. The molecule has 1 atom stereocenters. The second-order valence-electron chi connectivity index (χ2n) is 7.66. The van der Waals surface area contributed by atoms with E-state index in [0.717, 1.165) is 16.5 Å². The molecule has 2 aromatic carbocycles. The zero-order valence-corrected chi connectivity index (χ0v) is 17.4. The van der Waals surface area contributed by atoms with Crippen molar-refractivity contribution in [3.63, 3.8) is 0 Å². The Hall–Kier alpha value is -4.03. The lowest BCUT2D eigenvalue weighted by atomic mass is 9.81. The number of carbonyl (C=O) groups excluding carboxylic acids is 1. The molecule has 2 aliphatic heterocycles. The highest BCUT2D eigenvalue weighted by atomic mass is 16.6. The van der Waals surface area contributed by atoms with Crippen molar-refractivity contribution < 1.29 is 19.0 Å². The molecule has 0 radical (unpaired) electrons. The Morgan fingerprint density at radius 3 is 2.81 bits per heavy atom. The van der Waals surface area contributed by atoms with Gasteiger partial charge in [0.2, 0.25) is 11.8 Å². The van der Waals surface area contributed by atoms with Crippen LogP contribution >= 0.6 is 0 Å². The largest absolute Gasteiger partial charge is 0.420 e. The molecule has 0 aliphatic carbocycles. The van der Waals surface area contributed by atoms with Gasteiger partial charge in [-0.3, -0.25) is 5.10 Å². The number of allylic oxidation sites excluding steroid dienone is 1. The zero-order chi connectivity index (χ0) is 22.2. The number of ether oxygens (including phenoxy) is 3. The molecule has 1 saturated heterocycles. The number of aromatic nitrogens is 2. The molecule has 9 heteroatoms. The van der Waals surface area contributed by atoms with Gasteiger partial charge in [0, 0.05) is 29.9 Å². The topological polar surface area (TPSA) is 126 Å². The molecule has 32 heavy (non-hydrogen) atoms. The van der Waals surface area contributed by atoms with Crippen molar-refractivity contribution in [1.82, 2.24) is 15.1 Å². The van der Waals surface area contributed by atoms with Crippen LogP contribution in [-0.4, -0.2) is 47.5 Å². The Bertz CT molecular complexity index is 1280. The second-order valence-corrected chi connectivity index (χ2v) is 7.66. The first-order valence-electron chi connectivity index (χ1n) is 10.3. The third-order valence-corrected chi connectivity index (χ3v) is 5.82. The van der Waals surface area contributed by atoms with E-state index >= 15 is 0 Å². The number of carbonyl (C=O) groups is 1. The van der Waals surface area contributed by atoms with Gasteiger partial charge in [-0.2, -0.15) is 5.26 Å². The van der Waals surface area contributed by atoms with Crippen molar-refractivity contribution in [2.24, 2.45) is 5.73 Å². The third kappa shape index (κ3) is 3.21. The third-order valence-electron chi connectivity index (χ3n) is 5.82. The monoisotopic (exact) mass is 431 g/mol. The predicted molar refractivity (Wildman–Crippen MR) is 115 cm³/mol. The lowest BCUT2D eigenvalue weighted by molar-refractivity contribution is 0.0415. The van der Waals surface area contributed by atoms with Crippen molar-refractivity contribution in [3.05, 3.63) is 64.7 Å². The second kappa shape index (κ2) is 7.90. The number of H-pyrrole nitrogens is 1. The van der Waals surface area contributed by atoms with Crippen molar-refractivity contribution >= 4 is 16.9 Å². The minimum Gasteiger partial charge on any atom is -0.420 e. The molecule has 1 aromatic heterocycles. The molecule has 1 amide bonds. The van der Waals surface area contributed by atoms with Crippen LogP contribution in [0.3, 0.4) is 0 Å². The average molecular weight is 431 g/mol. The maximum absolute atomic E-state index is 12.9. The lowest BCUT2D eigenvalue weighted by Gasteiger charge is -2.28. The summed E-state index contributed by atoms with van der Waals surface area (Å²) in [6.07, 6.45) is -0.462. The molecule has 1 fully saturated rings. The van der Waals surface area contributed by atoms with Crippen LogP contribution in [0.1, 0.15) is 22.7 Å². The summed E-state index contributed by atoms with van der Waals surface area (Å²) in [7, 11) is 0. The van der Waals surface area contributed by atoms with E-state index in [1.165, 1.54) is 0 Å².